The Bertz CT molecular complexity index is 843. The second-order valence-corrected chi connectivity index (χ2v) is 5.55. The number of para-hydroxylation sites is 1. The van der Waals surface area contributed by atoms with Crippen molar-refractivity contribution < 1.29 is 14.3 Å². The number of esters is 1. The molecule has 0 saturated carbocycles. The number of nitrogens with zero attached hydrogens (tertiary/aromatic N) is 1. The smallest absolute Gasteiger partial charge is 0.363 e. The number of hydrogen-bond donors (Lipinski definition) is 0. The molecule has 2 aromatic rings. The number of carbonyl (C=O) groups excluding carboxylic acids is 1. The van der Waals surface area contributed by atoms with E-state index in [0.717, 1.165) is 5.56 Å². The van der Waals surface area contributed by atoms with Crippen molar-refractivity contribution in [2.24, 2.45) is 4.99 Å². The highest BCUT2D eigenvalue weighted by atomic mass is 35.5. The molecule has 6 heteroatoms. The van der Waals surface area contributed by atoms with Crippen molar-refractivity contribution in [1.82, 2.24) is 0 Å². The van der Waals surface area contributed by atoms with E-state index < -0.39 is 5.97 Å². The normalized spacial score (nSPS) is 15.5. The van der Waals surface area contributed by atoms with E-state index in [-0.39, 0.29) is 11.6 Å². The van der Waals surface area contributed by atoms with Gasteiger partial charge in [-0.3, -0.25) is 0 Å². The SMILES string of the molecule is COc1ccccc1/C=C1\N=C(c2cc(Cl)ccc2Cl)OC1=O. The van der Waals surface area contributed by atoms with Crippen LogP contribution in [0.15, 0.2) is 53.2 Å². The molecule has 1 heterocycles. The maximum absolute atomic E-state index is 12.0. The maximum Gasteiger partial charge on any atom is 0.363 e. The fraction of sp³-hybridized carbons (Fsp3) is 0.0588. The minimum Gasteiger partial charge on any atom is -0.496 e. The van der Waals surface area contributed by atoms with Crippen molar-refractivity contribution in [2.45, 2.75) is 0 Å². The molecule has 0 N–H and O–H groups in total. The average molecular weight is 348 g/mol. The van der Waals surface area contributed by atoms with Gasteiger partial charge in [-0.1, -0.05) is 41.4 Å². The summed E-state index contributed by atoms with van der Waals surface area (Å²) in [5, 5.41) is 0.879. The van der Waals surface area contributed by atoms with E-state index in [0.29, 0.717) is 21.4 Å². The van der Waals surface area contributed by atoms with Crippen molar-refractivity contribution >= 4 is 41.1 Å². The molecule has 23 heavy (non-hydrogen) atoms. The van der Waals surface area contributed by atoms with Crippen LogP contribution < -0.4 is 4.74 Å². The molecule has 1 aliphatic heterocycles. The lowest BCUT2D eigenvalue weighted by atomic mass is 10.1. The average Bonchev–Trinajstić information content (AvgIpc) is 2.91. The molecule has 0 unspecified atom stereocenters. The minimum absolute atomic E-state index is 0.128. The van der Waals surface area contributed by atoms with Crippen LogP contribution in [0, 0.1) is 0 Å². The number of methoxy groups -OCH3 is 1. The Hall–Kier alpha value is -2.30. The summed E-state index contributed by atoms with van der Waals surface area (Å²) < 4.78 is 10.5. The van der Waals surface area contributed by atoms with E-state index in [1.807, 2.05) is 18.2 Å². The van der Waals surface area contributed by atoms with Crippen molar-refractivity contribution in [1.29, 1.82) is 0 Å². The van der Waals surface area contributed by atoms with Crippen LogP contribution in [-0.2, 0) is 9.53 Å². The van der Waals surface area contributed by atoms with Crippen molar-refractivity contribution in [2.75, 3.05) is 7.11 Å². The van der Waals surface area contributed by atoms with Crippen LogP contribution in [0.4, 0.5) is 0 Å². The first-order chi connectivity index (χ1) is 11.1. The first-order valence-corrected chi connectivity index (χ1v) is 7.45. The van der Waals surface area contributed by atoms with Crippen molar-refractivity contribution in [3.8, 4) is 5.75 Å². The van der Waals surface area contributed by atoms with E-state index in [1.54, 1.807) is 37.5 Å². The Morgan fingerprint density at radius 1 is 1.17 bits per heavy atom. The molecule has 0 aromatic heterocycles. The summed E-state index contributed by atoms with van der Waals surface area (Å²) in [5.74, 6) is 0.211. The zero-order valence-corrected chi connectivity index (χ0v) is 13.6. The summed E-state index contributed by atoms with van der Waals surface area (Å²) in [6.07, 6.45) is 1.60. The van der Waals surface area contributed by atoms with Crippen LogP contribution in [-0.4, -0.2) is 19.0 Å². The summed E-state index contributed by atoms with van der Waals surface area (Å²) in [4.78, 5) is 16.3. The second kappa shape index (κ2) is 6.44. The van der Waals surface area contributed by atoms with Gasteiger partial charge >= 0.3 is 5.97 Å². The third kappa shape index (κ3) is 3.23. The molecule has 1 aliphatic rings. The molecule has 4 nitrogen and oxygen atoms in total. The lowest BCUT2D eigenvalue weighted by Crippen LogP contribution is -2.06. The van der Waals surface area contributed by atoms with Gasteiger partial charge in [-0.15, -0.1) is 0 Å². The molecular weight excluding hydrogens is 337 g/mol. The summed E-state index contributed by atoms with van der Waals surface area (Å²) >= 11 is 12.1. The first-order valence-electron chi connectivity index (χ1n) is 6.69. The summed E-state index contributed by atoms with van der Waals surface area (Å²) in [6.45, 7) is 0. The molecule has 0 radical (unpaired) electrons. The molecule has 0 fully saturated rings. The third-order valence-electron chi connectivity index (χ3n) is 3.21. The fourth-order valence-corrected chi connectivity index (χ4v) is 2.49. The Labute approximate surface area is 143 Å². The summed E-state index contributed by atoms with van der Waals surface area (Å²) in [6, 6.07) is 12.2. The van der Waals surface area contributed by atoms with E-state index in [4.69, 9.17) is 32.7 Å². The van der Waals surface area contributed by atoms with E-state index in [2.05, 4.69) is 4.99 Å². The van der Waals surface area contributed by atoms with Gasteiger partial charge in [0.05, 0.1) is 17.7 Å². The lowest BCUT2D eigenvalue weighted by Gasteiger charge is -2.03. The highest BCUT2D eigenvalue weighted by Gasteiger charge is 2.26. The van der Waals surface area contributed by atoms with Crippen LogP contribution in [0.1, 0.15) is 11.1 Å². The van der Waals surface area contributed by atoms with Gasteiger partial charge < -0.3 is 9.47 Å². The molecule has 0 saturated heterocycles. The Morgan fingerprint density at radius 3 is 2.74 bits per heavy atom. The van der Waals surface area contributed by atoms with Gasteiger partial charge in [0, 0.05) is 10.6 Å². The molecule has 0 atom stereocenters. The quantitative estimate of drug-likeness (QED) is 0.612. The van der Waals surface area contributed by atoms with Crippen LogP contribution in [0.25, 0.3) is 6.08 Å². The highest BCUT2D eigenvalue weighted by molar-refractivity contribution is 6.36. The zero-order chi connectivity index (χ0) is 16.4. The predicted molar refractivity (Wildman–Crippen MR) is 90.1 cm³/mol. The summed E-state index contributed by atoms with van der Waals surface area (Å²) in [7, 11) is 1.56. The molecule has 116 valence electrons. The van der Waals surface area contributed by atoms with Crippen molar-refractivity contribution in [3.63, 3.8) is 0 Å². The van der Waals surface area contributed by atoms with Gasteiger partial charge in [-0.25, -0.2) is 9.79 Å². The van der Waals surface area contributed by atoms with E-state index >= 15 is 0 Å². The monoisotopic (exact) mass is 347 g/mol. The summed E-state index contributed by atoms with van der Waals surface area (Å²) in [5.41, 5.74) is 1.36. The Morgan fingerprint density at radius 2 is 1.96 bits per heavy atom. The Balaban J connectivity index is 2.01. The van der Waals surface area contributed by atoms with Crippen LogP contribution >= 0.6 is 23.2 Å². The number of aliphatic imine (C=N–C) groups is 1. The number of carbonyl (C=O) groups is 1. The van der Waals surface area contributed by atoms with E-state index in [1.165, 1.54) is 0 Å². The zero-order valence-electron chi connectivity index (χ0n) is 12.0. The second-order valence-electron chi connectivity index (χ2n) is 4.70. The van der Waals surface area contributed by atoms with Crippen LogP contribution in [0.5, 0.6) is 5.75 Å². The number of hydrogen-bond acceptors (Lipinski definition) is 4. The van der Waals surface area contributed by atoms with Crippen LogP contribution in [0.2, 0.25) is 10.0 Å². The molecule has 3 rings (SSSR count). The number of benzene rings is 2. The molecule has 2 aromatic carbocycles. The maximum atomic E-state index is 12.0. The molecule has 0 bridgehead atoms. The molecule has 0 aliphatic carbocycles. The largest absolute Gasteiger partial charge is 0.496 e. The van der Waals surface area contributed by atoms with Gasteiger partial charge in [-0.2, -0.15) is 0 Å². The minimum atomic E-state index is -0.554. The third-order valence-corrected chi connectivity index (χ3v) is 3.78. The topological polar surface area (TPSA) is 47.9 Å². The van der Waals surface area contributed by atoms with Gasteiger partial charge in [0.1, 0.15) is 5.75 Å². The van der Waals surface area contributed by atoms with Gasteiger partial charge in [0.15, 0.2) is 5.70 Å². The standard InChI is InChI=1S/C17H11Cl2NO3/c1-22-15-5-3-2-4-10(15)8-14-17(21)23-16(20-14)12-9-11(18)6-7-13(12)19/h2-9H,1H3/b14-8-. The highest BCUT2D eigenvalue weighted by Crippen LogP contribution is 2.27. The van der Waals surface area contributed by atoms with Gasteiger partial charge in [-0.05, 0) is 30.3 Å². The first kappa shape index (κ1) is 15.6. The molecule has 0 spiro atoms. The van der Waals surface area contributed by atoms with E-state index in [9.17, 15) is 4.79 Å². The van der Waals surface area contributed by atoms with Crippen LogP contribution in [0.3, 0.4) is 0 Å². The molecular formula is C17H11Cl2NO3. The molecule has 0 amide bonds. The van der Waals surface area contributed by atoms with Crippen molar-refractivity contribution in [3.05, 3.63) is 69.3 Å². The fourth-order valence-electron chi connectivity index (χ4n) is 2.12. The number of cyclic esters (lactones) is 1. The van der Waals surface area contributed by atoms with Gasteiger partial charge in [0.25, 0.3) is 0 Å². The number of rotatable bonds is 3. The predicted octanol–water partition coefficient (Wildman–Crippen LogP) is 4.35. The Kier molecular flexibility index (Phi) is 4.37. The number of halogens is 2. The van der Waals surface area contributed by atoms with Gasteiger partial charge in [0.2, 0.25) is 5.90 Å². The lowest BCUT2D eigenvalue weighted by molar-refractivity contribution is -0.129. The number of ether oxygens (including phenoxy) is 2.